The van der Waals surface area contributed by atoms with Gasteiger partial charge < -0.3 is 15.0 Å². The standard InChI is InChI=1S/C16H22N2O2/c1-3-18-12-8-7-9-13(20-2)14(12)17-15(19)16(18)10-5-4-6-11-16/h7-9H,3-6,10-11H2,1-2H3,(H,17,19). The van der Waals surface area contributed by atoms with Gasteiger partial charge >= 0.3 is 0 Å². The Kier molecular flexibility index (Phi) is 3.32. The van der Waals surface area contributed by atoms with Gasteiger partial charge in [0.25, 0.3) is 0 Å². The predicted octanol–water partition coefficient (Wildman–Crippen LogP) is 3.18. The van der Waals surface area contributed by atoms with Crippen molar-refractivity contribution in [3.8, 4) is 5.75 Å². The van der Waals surface area contributed by atoms with Gasteiger partial charge in [-0.25, -0.2) is 0 Å². The van der Waals surface area contributed by atoms with E-state index in [1.807, 2.05) is 12.1 Å². The van der Waals surface area contributed by atoms with Crippen LogP contribution < -0.4 is 15.0 Å². The first kappa shape index (κ1) is 13.3. The quantitative estimate of drug-likeness (QED) is 0.900. The van der Waals surface area contributed by atoms with E-state index < -0.39 is 0 Å². The molecule has 1 N–H and O–H groups in total. The highest BCUT2D eigenvalue weighted by Crippen LogP contribution is 2.46. The number of rotatable bonds is 2. The van der Waals surface area contributed by atoms with Crippen molar-refractivity contribution < 1.29 is 9.53 Å². The number of anilines is 2. The summed E-state index contributed by atoms with van der Waals surface area (Å²) in [4.78, 5) is 15.0. The Morgan fingerprint density at radius 2 is 2.05 bits per heavy atom. The molecule has 0 bridgehead atoms. The fourth-order valence-electron chi connectivity index (χ4n) is 3.73. The fraction of sp³-hybridized carbons (Fsp3) is 0.562. The molecule has 108 valence electrons. The molecule has 4 heteroatoms. The molecule has 1 aliphatic carbocycles. The topological polar surface area (TPSA) is 41.6 Å². The highest BCUT2D eigenvalue weighted by molar-refractivity contribution is 6.08. The second kappa shape index (κ2) is 5.00. The van der Waals surface area contributed by atoms with Crippen molar-refractivity contribution in [1.82, 2.24) is 0 Å². The largest absolute Gasteiger partial charge is 0.494 e. The third-order valence-corrected chi connectivity index (χ3v) is 4.69. The number of carbonyl (C=O) groups is 1. The number of hydrogen-bond acceptors (Lipinski definition) is 3. The fourth-order valence-corrected chi connectivity index (χ4v) is 3.73. The molecule has 2 aliphatic rings. The monoisotopic (exact) mass is 274 g/mol. The lowest BCUT2D eigenvalue weighted by Crippen LogP contribution is -2.60. The summed E-state index contributed by atoms with van der Waals surface area (Å²) in [5, 5.41) is 3.10. The molecular weight excluding hydrogens is 252 g/mol. The minimum Gasteiger partial charge on any atom is -0.494 e. The number of ether oxygens (including phenoxy) is 1. The van der Waals surface area contributed by atoms with Crippen molar-refractivity contribution in [3.63, 3.8) is 0 Å². The molecule has 20 heavy (non-hydrogen) atoms. The summed E-state index contributed by atoms with van der Waals surface area (Å²) in [6.07, 6.45) is 5.39. The van der Waals surface area contributed by atoms with Gasteiger partial charge in [0, 0.05) is 6.54 Å². The van der Waals surface area contributed by atoms with Crippen LogP contribution in [0.5, 0.6) is 5.75 Å². The van der Waals surface area contributed by atoms with Crippen molar-refractivity contribution in [1.29, 1.82) is 0 Å². The SMILES string of the molecule is CCN1c2cccc(OC)c2NC(=O)C12CCCCC2. The molecule has 0 atom stereocenters. The van der Waals surface area contributed by atoms with Gasteiger partial charge in [0.2, 0.25) is 5.91 Å². The van der Waals surface area contributed by atoms with Crippen molar-refractivity contribution in [2.24, 2.45) is 0 Å². The molecule has 0 aromatic heterocycles. The lowest BCUT2D eigenvalue weighted by Gasteiger charge is -2.49. The van der Waals surface area contributed by atoms with Crippen molar-refractivity contribution >= 4 is 17.3 Å². The van der Waals surface area contributed by atoms with E-state index in [4.69, 9.17) is 4.74 Å². The lowest BCUT2D eigenvalue weighted by atomic mass is 9.77. The maximum atomic E-state index is 12.8. The minimum absolute atomic E-state index is 0.135. The van der Waals surface area contributed by atoms with Crippen LogP contribution in [-0.2, 0) is 4.79 Å². The van der Waals surface area contributed by atoms with Crippen LogP contribution in [0, 0.1) is 0 Å². The summed E-state index contributed by atoms with van der Waals surface area (Å²) in [6.45, 7) is 2.96. The number of nitrogens with one attached hydrogen (secondary N) is 1. The van der Waals surface area contributed by atoms with E-state index in [2.05, 4.69) is 23.2 Å². The predicted molar refractivity (Wildman–Crippen MR) is 80.5 cm³/mol. The Hall–Kier alpha value is -1.71. The smallest absolute Gasteiger partial charge is 0.250 e. The van der Waals surface area contributed by atoms with E-state index in [1.54, 1.807) is 7.11 Å². The van der Waals surface area contributed by atoms with Crippen LogP contribution in [0.4, 0.5) is 11.4 Å². The van der Waals surface area contributed by atoms with Gasteiger partial charge in [-0.1, -0.05) is 25.3 Å². The van der Waals surface area contributed by atoms with Crippen molar-refractivity contribution in [2.75, 3.05) is 23.9 Å². The van der Waals surface area contributed by atoms with Crippen LogP contribution >= 0.6 is 0 Å². The molecule has 1 spiro atoms. The van der Waals surface area contributed by atoms with Crippen LogP contribution in [-0.4, -0.2) is 25.1 Å². The molecule has 1 aliphatic heterocycles. The molecule has 0 unspecified atom stereocenters. The van der Waals surface area contributed by atoms with Gasteiger partial charge in [-0.3, -0.25) is 4.79 Å². The Morgan fingerprint density at radius 3 is 2.70 bits per heavy atom. The van der Waals surface area contributed by atoms with E-state index in [-0.39, 0.29) is 11.4 Å². The molecule has 1 heterocycles. The van der Waals surface area contributed by atoms with Crippen LogP contribution in [0.15, 0.2) is 18.2 Å². The van der Waals surface area contributed by atoms with Crippen LogP contribution in [0.25, 0.3) is 0 Å². The maximum absolute atomic E-state index is 12.8. The molecule has 0 saturated heterocycles. The van der Waals surface area contributed by atoms with Gasteiger partial charge in [-0.2, -0.15) is 0 Å². The number of para-hydroxylation sites is 1. The van der Waals surface area contributed by atoms with Crippen molar-refractivity contribution in [2.45, 2.75) is 44.6 Å². The third-order valence-electron chi connectivity index (χ3n) is 4.69. The molecule has 1 amide bonds. The average Bonchev–Trinajstić information content (AvgIpc) is 2.49. The van der Waals surface area contributed by atoms with E-state index in [1.165, 1.54) is 6.42 Å². The number of likely N-dealkylation sites (N-methyl/N-ethyl adjacent to an activating group) is 1. The lowest BCUT2D eigenvalue weighted by molar-refractivity contribution is -0.122. The van der Waals surface area contributed by atoms with E-state index in [0.29, 0.717) is 0 Å². The number of amides is 1. The summed E-state index contributed by atoms with van der Waals surface area (Å²) in [5.74, 6) is 0.871. The molecule has 4 nitrogen and oxygen atoms in total. The van der Waals surface area contributed by atoms with Gasteiger partial charge in [-0.15, -0.1) is 0 Å². The van der Waals surface area contributed by atoms with Gasteiger partial charge in [0.1, 0.15) is 17.0 Å². The zero-order valence-electron chi connectivity index (χ0n) is 12.2. The summed E-state index contributed by atoms with van der Waals surface area (Å²) >= 11 is 0. The molecule has 3 rings (SSSR count). The summed E-state index contributed by atoms with van der Waals surface area (Å²) in [5.41, 5.74) is 1.55. The first-order valence-electron chi connectivity index (χ1n) is 7.49. The van der Waals surface area contributed by atoms with Gasteiger partial charge in [-0.05, 0) is 31.9 Å². The highest BCUT2D eigenvalue weighted by atomic mass is 16.5. The average molecular weight is 274 g/mol. The van der Waals surface area contributed by atoms with Crippen molar-refractivity contribution in [3.05, 3.63) is 18.2 Å². The number of fused-ring (bicyclic) bond motifs is 1. The summed E-state index contributed by atoms with van der Waals surface area (Å²) < 4.78 is 5.39. The van der Waals surface area contributed by atoms with Crippen LogP contribution in [0.1, 0.15) is 39.0 Å². The van der Waals surface area contributed by atoms with E-state index in [9.17, 15) is 4.79 Å². The first-order valence-corrected chi connectivity index (χ1v) is 7.49. The Bertz CT molecular complexity index is 521. The molecule has 1 fully saturated rings. The van der Waals surface area contributed by atoms with E-state index in [0.717, 1.165) is 49.4 Å². The van der Waals surface area contributed by atoms with Crippen LogP contribution in [0.2, 0.25) is 0 Å². The molecule has 1 saturated carbocycles. The number of nitrogens with zero attached hydrogens (tertiary/aromatic N) is 1. The number of hydrogen-bond donors (Lipinski definition) is 1. The first-order chi connectivity index (χ1) is 9.73. The Morgan fingerprint density at radius 1 is 1.30 bits per heavy atom. The minimum atomic E-state index is -0.355. The van der Waals surface area contributed by atoms with Crippen LogP contribution in [0.3, 0.4) is 0 Å². The molecule has 0 radical (unpaired) electrons. The number of carbonyl (C=O) groups excluding carboxylic acids is 1. The molecule has 1 aromatic rings. The summed E-state index contributed by atoms with van der Waals surface area (Å²) in [7, 11) is 1.64. The zero-order chi connectivity index (χ0) is 14.2. The number of benzene rings is 1. The summed E-state index contributed by atoms with van der Waals surface area (Å²) in [6, 6.07) is 5.97. The van der Waals surface area contributed by atoms with E-state index >= 15 is 0 Å². The Labute approximate surface area is 120 Å². The molecule has 1 aromatic carbocycles. The molecular formula is C16H22N2O2. The van der Waals surface area contributed by atoms with Gasteiger partial charge in [0.05, 0.1) is 12.8 Å². The second-order valence-corrected chi connectivity index (χ2v) is 5.65. The Balaban J connectivity index is 2.11. The zero-order valence-corrected chi connectivity index (χ0v) is 12.2. The normalized spacial score (nSPS) is 20.5. The maximum Gasteiger partial charge on any atom is 0.250 e. The third kappa shape index (κ3) is 1.78. The number of methoxy groups -OCH3 is 1. The second-order valence-electron chi connectivity index (χ2n) is 5.65. The highest BCUT2D eigenvalue weighted by Gasteiger charge is 2.48. The van der Waals surface area contributed by atoms with Gasteiger partial charge in [0.15, 0.2) is 0 Å².